The van der Waals surface area contributed by atoms with Crippen LogP contribution in [0.5, 0.6) is 11.5 Å². The van der Waals surface area contributed by atoms with E-state index in [9.17, 15) is 4.79 Å². The molecule has 0 unspecified atom stereocenters. The van der Waals surface area contributed by atoms with Crippen LogP contribution >= 0.6 is 23.6 Å². The highest BCUT2D eigenvalue weighted by Gasteiger charge is 2.07. The molecule has 0 radical (unpaired) electrons. The molecule has 0 aliphatic carbocycles. The number of carbonyl (C=O) groups excluding carboxylic acids is 1. The van der Waals surface area contributed by atoms with E-state index in [1.54, 1.807) is 53.8 Å². The molecule has 6 nitrogen and oxygen atoms in total. The fourth-order valence-corrected chi connectivity index (χ4v) is 3.23. The predicted octanol–water partition coefficient (Wildman–Crippen LogP) is 3.79. The minimum Gasteiger partial charge on any atom is -0.492 e. The van der Waals surface area contributed by atoms with Crippen molar-refractivity contribution < 1.29 is 19.5 Å². The Morgan fingerprint density at radius 3 is 2.55 bits per heavy atom. The highest BCUT2D eigenvalue weighted by molar-refractivity contribution is 7.80. The van der Waals surface area contributed by atoms with Crippen LogP contribution < -0.4 is 20.3 Å². The Hall–Kier alpha value is -2.94. The number of thiocarbonyl (C=S) groups is 1. The molecule has 1 heterocycles. The lowest BCUT2D eigenvalue weighted by atomic mass is 10.2. The highest BCUT2D eigenvalue weighted by Crippen LogP contribution is 2.17. The minimum absolute atomic E-state index is 0.190. The lowest BCUT2D eigenvalue weighted by molar-refractivity contribution is 0.0946. The smallest absolute Gasteiger partial charge is 0.251 e. The summed E-state index contributed by atoms with van der Waals surface area (Å²) in [7, 11) is 0. The van der Waals surface area contributed by atoms with Crippen molar-refractivity contribution in [1.82, 2.24) is 10.8 Å². The summed E-state index contributed by atoms with van der Waals surface area (Å²) in [6.45, 7) is 1.16. The van der Waals surface area contributed by atoms with Crippen LogP contribution in [0.15, 0.2) is 66.0 Å². The topological polar surface area (TPSA) is 79.8 Å². The van der Waals surface area contributed by atoms with E-state index in [1.165, 1.54) is 0 Å². The third-order valence-electron chi connectivity index (χ3n) is 3.93. The quantitative estimate of drug-likeness (QED) is 0.273. The number of hydrogen-bond donors (Lipinski definition) is 3. The third kappa shape index (κ3) is 6.28. The van der Waals surface area contributed by atoms with E-state index >= 15 is 0 Å². The van der Waals surface area contributed by atoms with Crippen LogP contribution in [0.3, 0.4) is 0 Å². The van der Waals surface area contributed by atoms with Gasteiger partial charge >= 0.3 is 0 Å². The summed E-state index contributed by atoms with van der Waals surface area (Å²) in [6, 6.07) is 18.0. The molecule has 0 spiro atoms. The number of ether oxygens (including phenoxy) is 2. The Labute approximate surface area is 178 Å². The van der Waals surface area contributed by atoms with Crippen molar-refractivity contribution in [3.05, 3.63) is 82.0 Å². The van der Waals surface area contributed by atoms with Crippen LogP contribution in [0, 0.1) is 0 Å². The van der Waals surface area contributed by atoms with Gasteiger partial charge in [0.25, 0.3) is 5.91 Å². The molecule has 0 atom stereocenters. The van der Waals surface area contributed by atoms with Crippen LogP contribution in [0.1, 0.15) is 20.8 Å². The zero-order chi connectivity index (χ0) is 20.5. The number of hydroxylamine groups is 1. The van der Waals surface area contributed by atoms with Gasteiger partial charge in [0.2, 0.25) is 0 Å². The molecule has 150 valence electrons. The average Bonchev–Trinajstić information content (AvgIpc) is 3.29. The van der Waals surface area contributed by atoms with Gasteiger partial charge in [-0.2, -0.15) is 0 Å². The molecule has 3 rings (SSSR count). The maximum Gasteiger partial charge on any atom is 0.251 e. The van der Waals surface area contributed by atoms with E-state index in [0.29, 0.717) is 42.4 Å². The van der Waals surface area contributed by atoms with Gasteiger partial charge in [-0.1, -0.05) is 24.4 Å². The number of rotatable bonds is 9. The average molecular weight is 429 g/mol. The zero-order valence-electron chi connectivity index (χ0n) is 15.5. The van der Waals surface area contributed by atoms with Crippen molar-refractivity contribution in [2.24, 2.45) is 0 Å². The maximum absolute atomic E-state index is 12.3. The Balaban J connectivity index is 1.43. The second-order valence-corrected chi connectivity index (χ2v) is 7.41. The molecule has 0 aliphatic heterocycles. The first-order valence-corrected chi connectivity index (χ1v) is 10.2. The molecule has 3 N–H and O–H groups in total. The van der Waals surface area contributed by atoms with Crippen molar-refractivity contribution in [2.45, 2.75) is 6.61 Å². The van der Waals surface area contributed by atoms with Gasteiger partial charge in [-0.15, -0.1) is 11.3 Å². The van der Waals surface area contributed by atoms with Gasteiger partial charge in [0.15, 0.2) is 0 Å². The maximum atomic E-state index is 12.3. The van der Waals surface area contributed by atoms with Gasteiger partial charge in [-0.25, -0.2) is 0 Å². The summed E-state index contributed by atoms with van der Waals surface area (Å²) in [5, 5.41) is 13.6. The summed E-state index contributed by atoms with van der Waals surface area (Å²) in [5.41, 5.74) is 3.15. The Morgan fingerprint density at radius 1 is 1.00 bits per heavy atom. The minimum atomic E-state index is -0.190. The standard InChI is InChI=1S/C21H20N2O4S2/c24-20(16-3-1-4-18(13-16)27-14-19-5-2-12-29-19)22-10-11-26-17-8-6-15(7-9-17)21(28)23-25/h1-9,12-13,25H,10-11,14H2,(H,22,24)(H,23,28). The molecular formula is C21H20N2O4S2. The number of hydrogen-bond acceptors (Lipinski definition) is 6. The predicted molar refractivity (Wildman–Crippen MR) is 116 cm³/mol. The van der Waals surface area contributed by atoms with Crippen molar-refractivity contribution in [1.29, 1.82) is 0 Å². The number of thiophene rings is 1. The van der Waals surface area contributed by atoms with Crippen LogP contribution in [-0.2, 0) is 6.61 Å². The molecule has 3 aromatic rings. The van der Waals surface area contributed by atoms with E-state index in [-0.39, 0.29) is 10.9 Å². The van der Waals surface area contributed by atoms with E-state index < -0.39 is 0 Å². The molecule has 0 bridgehead atoms. The fourth-order valence-electron chi connectivity index (χ4n) is 2.48. The second kappa shape index (κ2) is 10.6. The molecule has 0 fully saturated rings. The molecule has 1 amide bonds. The summed E-state index contributed by atoms with van der Waals surface area (Å²) >= 11 is 6.56. The molecule has 0 saturated carbocycles. The highest BCUT2D eigenvalue weighted by atomic mass is 32.1. The summed E-state index contributed by atoms with van der Waals surface area (Å²) in [4.78, 5) is 13.7. The normalized spacial score (nSPS) is 10.2. The molecular weight excluding hydrogens is 408 g/mol. The first-order valence-electron chi connectivity index (χ1n) is 8.86. The van der Waals surface area contributed by atoms with Gasteiger partial charge < -0.3 is 14.8 Å². The second-order valence-electron chi connectivity index (χ2n) is 5.97. The van der Waals surface area contributed by atoms with E-state index in [1.807, 2.05) is 29.1 Å². The monoisotopic (exact) mass is 428 g/mol. The van der Waals surface area contributed by atoms with Crippen LogP contribution in [0.2, 0.25) is 0 Å². The number of amides is 1. The van der Waals surface area contributed by atoms with Crippen molar-refractivity contribution in [3.8, 4) is 11.5 Å². The SMILES string of the molecule is O=C(NCCOc1ccc(C(=S)NO)cc1)c1cccc(OCc2cccs2)c1. The first kappa shape index (κ1) is 20.8. The molecule has 1 aromatic heterocycles. The lowest BCUT2D eigenvalue weighted by Gasteiger charge is -2.10. The number of carbonyl (C=O) groups is 1. The van der Waals surface area contributed by atoms with E-state index in [0.717, 1.165) is 4.88 Å². The lowest BCUT2D eigenvalue weighted by Crippen LogP contribution is -2.28. The van der Waals surface area contributed by atoms with Gasteiger partial charge in [-0.3, -0.25) is 15.5 Å². The number of nitrogens with one attached hydrogen (secondary N) is 2. The van der Waals surface area contributed by atoms with E-state index in [2.05, 4.69) is 5.32 Å². The molecule has 0 aliphatic rings. The van der Waals surface area contributed by atoms with Crippen molar-refractivity contribution in [2.75, 3.05) is 13.2 Å². The van der Waals surface area contributed by atoms with Crippen LogP contribution in [0.4, 0.5) is 0 Å². The largest absolute Gasteiger partial charge is 0.492 e. The Morgan fingerprint density at radius 2 is 1.83 bits per heavy atom. The Kier molecular flexibility index (Phi) is 7.57. The summed E-state index contributed by atoms with van der Waals surface area (Å²) in [5.74, 6) is 1.11. The molecule has 29 heavy (non-hydrogen) atoms. The third-order valence-corrected chi connectivity index (χ3v) is 5.11. The van der Waals surface area contributed by atoms with Crippen molar-refractivity contribution >= 4 is 34.5 Å². The zero-order valence-corrected chi connectivity index (χ0v) is 17.1. The number of benzene rings is 2. The van der Waals surface area contributed by atoms with Gasteiger partial charge in [0, 0.05) is 16.0 Å². The summed E-state index contributed by atoms with van der Waals surface area (Å²) in [6.07, 6.45) is 0. The molecule has 8 heteroatoms. The van der Waals surface area contributed by atoms with Gasteiger partial charge in [0.05, 0.1) is 6.54 Å². The first-order chi connectivity index (χ1) is 14.2. The Bertz CT molecular complexity index is 944. The van der Waals surface area contributed by atoms with Gasteiger partial charge in [0.1, 0.15) is 29.7 Å². The summed E-state index contributed by atoms with van der Waals surface area (Å²) < 4.78 is 11.3. The van der Waals surface area contributed by atoms with Crippen molar-refractivity contribution in [3.63, 3.8) is 0 Å². The fraction of sp³-hybridized carbons (Fsp3) is 0.143. The van der Waals surface area contributed by atoms with E-state index in [4.69, 9.17) is 26.9 Å². The van der Waals surface area contributed by atoms with Gasteiger partial charge in [-0.05, 0) is 53.9 Å². The molecule has 0 saturated heterocycles. The van der Waals surface area contributed by atoms with Crippen LogP contribution in [0.25, 0.3) is 0 Å². The van der Waals surface area contributed by atoms with Crippen LogP contribution in [-0.4, -0.2) is 29.3 Å². The molecule has 2 aromatic carbocycles.